The van der Waals surface area contributed by atoms with Gasteiger partial charge in [0.15, 0.2) is 0 Å². The summed E-state index contributed by atoms with van der Waals surface area (Å²) in [5, 5.41) is 19.2. The van der Waals surface area contributed by atoms with Gasteiger partial charge in [-0.3, -0.25) is 0 Å². The second-order valence-corrected chi connectivity index (χ2v) is 8.18. The van der Waals surface area contributed by atoms with E-state index in [0.717, 1.165) is 51.7 Å². The molecule has 2 aliphatic carbocycles. The Balaban J connectivity index is 1.51. The van der Waals surface area contributed by atoms with Crippen molar-refractivity contribution in [2.75, 3.05) is 13.2 Å². The number of hydrogen-bond donors (Lipinski definition) is 0. The molecule has 8 atom stereocenters. The molecule has 0 aromatic heterocycles. The molecule has 8 unspecified atom stereocenters. The maximum absolute atomic E-state index is 9.58. The number of rotatable bonds is 6. The average Bonchev–Trinajstić information content (AvgIpc) is 3.56. The molecule has 4 rings (SSSR count). The number of nitrogens with zero attached hydrogens (tertiary/aromatic N) is 2. The Kier molecular flexibility index (Phi) is 5.27. The minimum Gasteiger partial charge on any atom is -0.370 e. The van der Waals surface area contributed by atoms with Gasteiger partial charge in [0.05, 0.1) is 49.4 Å². The molecule has 5 nitrogen and oxygen atoms in total. The zero-order valence-electron chi connectivity index (χ0n) is 14.8. The summed E-state index contributed by atoms with van der Waals surface area (Å²) < 4.78 is 17.9. The fourth-order valence-corrected chi connectivity index (χ4v) is 5.03. The van der Waals surface area contributed by atoms with E-state index in [9.17, 15) is 10.5 Å². The molecule has 2 saturated carbocycles. The molecule has 0 aromatic carbocycles. The van der Waals surface area contributed by atoms with Crippen LogP contribution in [0.15, 0.2) is 0 Å². The SMILES string of the molecule is N#CC1CCCCC1C(OC(C1CO1)C1CCCCC1C#N)C1CO1. The van der Waals surface area contributed by atoms with Gasteiger partial charge in [0.1, 0.15) is 12.2 Å². The highest BCUT2D eigenvalue weighted by Crippen LogP contribution is 2.43. The van der Waals surface area contributed by atoms with Crippen molar-refractivity contribution in [3.8, 4) is 12.1 Å². The van der Waals surface area contributed by atoms with Gasteiger partial charge in [0.2, 0.25) is 0 Å². The van der Waals surface area contributed by atoms with E-state index < -0.39 is 0 Å². The van der Waals surface area contributed by atoms with E-state index in [1.807, 2.05) is 0 Å². The molecule has 0 bridgehead atoms. The predicted octanol–water partition coefficient (Wildman–Crippen LogP) is 3.20. The van der Waals surface area contributed by atoms with Crippen LogP contribution in [0.5, 0.6) is 0 Å². The Morgan fingerprint density at radius 1 is 0.720 bits per heavy atom. The highest BCUT2D eigenvalue weighted by Gasteiger charge is 2.49. The summed E-state index contributed by atoms with van der Waals surface area (Å²) in [6, 6.07) is 5.03. The van der Waals surface area contributed by atoms with E-state index in [4.69, 9.17) is 14.2 Å². The Bertz CT molecular complexity index is 498. The quantitative estimate of drug-likeness (QED) is 0.691. The fraction of sp³-hybridized carbons (Fsp3) is 0.900. The van der Waals surface area contributed by atoms with Crippen molar-refractivity contribution in [1.82, 2.24) is 0 Å². The topological polar surface area (TPSA) is 81.9 Å². The summed E-state index contributed by atoms with van der Waals surface area (Å²) in [6.07, 6.45) is 8.90. The van der Waals surface area contributed by atoms with Crippen LogP contribution < -0.4 is 0 Å². The molecule has 2 aliphatic heterocycles. The Labute approximate surface area is 150 Å². The highest BCUT2D eigenvalue weighted by molar-refractivity contribution is 5.02. The molecule has 0 amide bonds. The van der Waals surface area contributed by atoms with Crippen LogP contribution in [-0.2, 0) is 14.2 Å². The van der Waals surface area contributed by atoms with Crippen molar-refractivity contribution in [1.29, 1.82) is 10.5 Å². The second-order valence-electron chi connectivity index (χ2n) is 8.18. The molecule has 2 heterocycles. The van der Waals surface area contributed by atoms with Gasteiger partial charge in [-0.2, -0.15) is 10.5 Å². The van der Waals surface area contributed by atoms with E-state index >= 15 is 0 Å². The van der Waals surface area contributed by atoms with Gasteiger partial charge in [0.25, 0.3) is 0 Å². The van der Waals surface area contributed by atoms with Crippen molar-refractivity contribution in [3.05, 3.63) is 0 Å². The predicted molar refractivity (Wildman–Crippen MR) is 90.3 cm³/mol. The molecular weight excluding hydrogens is 316 g/mol. The normalized spacial score (nSPS) is 42.6. The van der Waals surface area contributed by atoms with Gasteiger partial charge >= 0.3 is 0 Å². The zero-order chi connectivity index (χ0) is 17.2. The molecular formula is C20H28N2O3. The Morgan fingerprint density at radius 2 is 1.12 bits per heavy atom. The van der Waals surface area contributed by atoms with Crippen LogP contribution in [0.4, 0.5) is 0 Å². The Hall–Kier alpha value is -1.14. The first-order valence-corrected chi connectivity index (χ1v) is 9.99. The van der Waals surface area contributed by atoms with Gasteiger partial charge in [-0.05, 0) is 25.7 Å². The first-order valence-electron chi connectivity index (χ1n) is 9.99. The zero-order valence-corrected chi connectivity index (χ0v) is 14.8. The van der Waals surface area contributed by atoms with E-state index in [1.165, 1.54) is 12.8 Å². The van der Waals surface area contributed by atoms with Crippen LogP contribution in [0.1, 0.15) is 51.4 Å². The van der Waals surface area contributed by atoms with Gasteiger partial charge in [-0.1, -0.05) is 25.7 Å². The van der Waals surface area contributed by atoms with Crippen LogP contribution in [0.2, 0.25) is 0 Å². The molecule has 136 valence electrons. The summed E-state index contributed by atoms with van der Waals surface area (Å²) >= 11 is 0. The lowest BCUT2D eigenvalue weighted by atomic mass is 9.74. The van der Waals surface area contributed by atoms with Crippen molar-refractivity contribution < 1.29 is 14.2 Å². The average molecular weight is 344 g/mol. The largest absolute Gasteiger partial charge is 0.370 e. The molecule has 25 heavy (non-hydrogen) atoms. The lowest BCUT2D eigenvalue weighted by molar-refractivity contribution is -0.111. The standard InChI is InChI=1S/C20H28N2O3/c21-9-13-5-1-3-7-15(13)19(17-11-23-17)25-20(18-12-24-18)16-8-4-2-6-14(16)10-22/h13-20H,1-8,11-12H2. The van der Waals surface area contributed by atoms with Crippen LogP contribution in [-0.4, -0.2) is 37.6 Å². The first kappa shape index (κ1) is 17.3. The third-order valence-corrected chi connectivity index (χ3v) is 6.58. The summed E-state index contributed by atoms with van der Waals surface area (Å²) in [4.78, 5) is 0. The first-order chi connectivity index (χ1) is 12.3. The third kappa shape index (κ3) is 3.85. The van der Waals surface area contributed by atoms with Crippen LogP contribution in [0.25, 0.3) is 0 Å². The molecule has 0 N–H and O–H groups in total. The van der Waals surface area contributed by atoms with Crippen molar-refractivity contribution >= 4 is 0 Å². The minimum atomic E-state index is -0.0135. The summed E-state index contributed by atoms with van der Waals surface area (Å²) in [5.74, 6) is 0.664. The monoisotopic (exact) mass is 344 g/mol. The minimum absolute atomic E-state index is 0.0135. The van der Waals surface area contributed by atoms with Crippen molar-refractivity contribution in [2.24, 2.45) is 23.7 Å². The van der Waals surface area contributed by atoms with Gasteiger partial charge < -0.3 is 14.2 Å². The molecule has 2 saturated heterocycles. The summed E-state index contributed by atoms with van der Waals surface area (Å²) in [6.45, 7) is 1.48. The third-order valence-electron chi connectivity index (χ3n) is 6.58. The highest BCUT2D eigenvalue weighted by atomic mass is 16.6. The lowest BCUT2D eigenvalue weighted by Gasteiger charge is -2.39. The van der Waals surface area contributed by atoms with Gasteiger partial charge in [-0.15, -0.1) is 0 Å². The van der Waals surface area contributed by atoms with E-state index in [-0.39, 0.29) is 48.1 Å². The van der Waals surface area contributed by atoms with Gasteiger partial charge in [0, 0.05) is 11.8 Å². The lowest BCUT2D eigenvalue weighted by Crippen LogP contribution is -2.44. The number of hydrogen-bond acceptors (Lipinski definition) is 5. The Morgan fingerprint density at radius 3 is 1.48 bits per heavy atom. The molecule has 0 radical (unpaired) electrons. The molecule has 5 heteroatoms. The molecule has 4 aliphatic rings. The molecule has 0 spiro atoms. The summed E-state index contributed by atoms with van der Waals surface area (Å²) in [5.41, 5.74) is 0. The smallest absolute Gasteiger partial charge is 0.107 e. The van der Waals surface area contributed by atoms with Crippen molar-refractivity contribution in [3.63, 3.8) is 0 Å². The van der Waals surface area contributed by atoms with E-state index in [2.05, 4.69) is 12.1 Å². The van der Waals surface area contributed by atoms with Gasteiger partial charge in [-0.25, -0.2) is 0 Å². The van der Waals surface area contributed by atoms with Crippen LogP contribution >= 0.6 is 0 Å². The van der Waals surface area contributed by atoms with Crippen molar-refractivity contribution in [2.45, 2.75) is 75.8 Å². The van der Waals surface area contributed by atoms with Crippen LogP contribution in [0.3, 0.4) is 0 Å². The number of epoxide rings is 2. The maximum atomic E-state index is 9.58. The van der Waals surface area contributed by atoms with E-state index in [0.29, 0.717) is 0 Å². The second kappa shape index (κ2) is 7.62. The molecule has 0 aromatic rings. The fourth-order valence-electron chi connectivity index (χ4n) is 5.03. The maximum Gasteiger partial charge on any atom is 0.107 e. The number of ether oxygens (including phenoxy) is 3. The summed E-state index contributed by atoms with van der Waals surface area (Å²) in [7, 11) is 0. The van der Waals surface area contributed by atoms with Crippen LogP contribution in [0, 0.1) is 46.3 Å². The number of nitriles is 2. The van der Waals surface area contributed by atoms with E-state index in [1.54, 1.807) is 0 Å². The molecule has 4 fully saturated rings.